The van der Waals surface area contributed by atoms with Crippen molar-refractivity contribution in [2.24, 2.45) is 5.92 Å². The molecule has 0 saturated heterocycles. The van der Waals surface area contributed by atoms with E-state index in [1.807, 2.05) is 12.1 Å². The molecule has 1 atom stereocenters. The third-order valence-electron chi connectivity index (χ3n) is 4.09. The summed E-state index contributed by atoms with van der Waals surface area (Å²) >= 11 is 0. The normalized spacial score (nSPS) is 14.7. The number of hydrogen-bond acceptors (Lipinski definition) is 4. The van der Waals surface area contributed by atoms with Crippen LogP contribution in [-0.4, -0.2) is 39.3 Å². The minimum atomic E-state index is -1.78. The summed E-state index contributed by atoms with van der Waals surface area (Å²) in [5.41, 5.74) is 0.831. The number of benzene rings is 2. The van der Waals surface area contributed by atoms with Crippen LogP contribution in [0, 0.1) is 5.92 Å². The Kier molecular flexibility index (Phi) is 6.95. The molecule has 2 N–H and O–H groups in total. The molecule has 3 rings (SSSR count). The van der Waals surface area contributed by atoms with Crippen molar-refractivity contribution in [3.05, 3.63) is 47.5 Å². The molecule has 0 fully saturated rings. The average molecular weight is 505 g/mol. The molecule has 0 aromatic heterocycles. The molecule has 1 aliphatic heterocycles. The fourth-order valence-electron chi connectivity index (χ4n) is 3.10. The molecule has 5 nitrogen and oxygen atoms in total. The number of carbonyl (C=O) groups is 2. The zero-order valence-corrected chi connectivity index (χ0v) is 16.3. The van der Waals surface area contributed by atoms with E-state index in [1.165, 1.54) is 0 Å². The molecule has 132 valence electrons. The van der Waals surface area contributed by atoms with Gasteiger partial charge in [-0.2, -0.15) is 0 Å². The fourth-order valence-corrected chi connectivity index (χ4v) is 3.10. The second-order valence-electron chi connectivity index (χ2n) is 5.84. The molecule has 0 bridgehead atoms. The van der Waals surface area contributed by atoms with Gasteiger partial charge in [0.25, 0.3) is 11.8 Å². The standard InChI is InChI=1S/C17H17NO4.2Rh/c1-9(2)14(17(21)22)18-15(19)11-7-3-5-10-6-4-8-12(13(10)11)16(18)20;;/h3-9,14,17,21-22H,1-2H3;;/t14-;;/m0../s1. The Morgan fingerprint density at radius 2 is 1.33 bits per heavy atom. The fraction of sp³-hybridized carbons (Fsp3) is 0.294. The van der Waals surface area contributed by atoms with Gasteiger partial charge in [-0.3, -0.25) is 14.5 Å². The summed E-state index contributed by atoms with van der Waals surface area (Å²) < 4.78 is 0. The predicted molar refractivity (Wildman–Crippen MR) is 81.3 cm³/mol. The molecule has 1 aliphatic rings. The number of carbonyl (C=O) groups excluding carboxylic acids is 2. The first-order valence-electron chi connectivity index (χ1n) is 7.19. The molecule has 7 heteroatoms. The molecule has 2 aromatic rings. The average Bonchev–Trinajstić information content (AvgIpc) is 2.48. The van der Waals surface area contributed by atoms with E-state index in [1.54, 1.807) is 38.1 Å². The van der Waals surface area contributed by atoms with E-state index < -0.39 is 24.1 Å². The molecule has 1 heterocycles. The summed E-state index contributed by atoms with van der Waals surface area (Å²) in [4.78, 5) is 26.5. The summed E-state index contributed by atoms with van der Waals surface area (Å²) in [6.45, 7) is 3.48. The zero-order valence-electron chi connectivity index (χ0n) is 13.0. The summed E-state index contributed by atoms with van der Waals surface area (Å²) in [6.07, 6.45) is -1.78. The molecule has 2 amide bonds. The minimum Gasteiger partial charge on any atom is -0.366 e. The maximum Gasteiger partial charge on any atom is 0.261 e. The van der Waals surface area contributed by atoms with Crippen molar-refractivity contribution in [3.63, 3.8) is 0 Å². The van der Waals surface area contributed by atoms with Crippen LogP contribution >= 0.6 is 0 Å². The van der Waals surface area contributed by atoms with Gasteiger partial charge in [0.2, 0.25) is 0 Å². The van der Waals surface area contributed by atoms with E-state index in [-0.39, 0.29) is 44.9 Å². The van der Waals surface area contributed by atoms with Crippen molar-refractivity contribution >= 4 is 22.6 Å². The van der Waals surface area contributed by atoms with Crippen LogP contribution in [0.1, 0.15) is 34.6 Å². The van der Waals surface area contributed by atoms with Crippen molar-refractivity contribution in [2.45, 2.75) is 26.2 Å². The Balaban J connectivity index is 0.00000144. The maximum atomic E-state index is 12.7. The Morgan fingerprint density at radius 3 is 1.71 bits per heavy atom. The molecule has 0 aliphatic carbocycles. The van der Waals surface area contributed by atoms with Crippen LogP contribution in [0.4, 0.5) is 0 Å². The van der Waals surface area contributed by atoms with Gasteiger partial charge in [-0.25, -0.2) is 0 Å². The van der Waals surface area contributed by atoms with Crippen LogP contribution in [0.25, 0.3) is 10.8 Å². The van der Waals surface area contributed by atoms with Gasteiger partial charge >= 0.3 is 0 Å². The molecule has 2 radical (unpaired) electrons. The first-order valence-corrected chi connectivity index (χ1v) is 7.19. The third-order valence-corrected chi connectivity index (χ3v) is 4.09. The van der Waals surface area contributed by atoms with Gasteiger partial charge in [0.15, 0.2) is 6.29 Å². The van der Waals surface area contributed by atoms with E-state index >= 15 is 0 Å². The number of nitrogens with zero attached hydrogens (tertiary/aromatic N) is 1. The van der Waals surface area contributed by atoms with Crippen molar-refractivity contribution in [1.29, 1.82) is 0 Å². The van der Waals surface area contributed by atoms with Gasteiger partial charge in [-0.15, -0.1) is 0 Å². The second kappa shape index (κ2) is 7.92. The monoisotopic (exact) mass is 505 g/mol. The van der Waals surface area contributed by atoms with E-state index in [2.05, 4.69) is 0 Å². The van der Waals surface area contributed by atoms with Crippen LogP contribution in [0.5, 0.6) is 0 Å². The first kappa shape index (κ1) is 21.1. The van der Waals surface area contributed by atoms with Crippen molar-refractivity contribution < 1.29 is 58.8 Å². The number of aliphatic hydroxyl groups is 2. The topological polar surface area (TPSA) is 77.8 Å². The molecule has 24 heavy (non-hydrogen) atoms. The maximum absolute atomic E-state index is 12.7. The van der Waals surface area contributed by atoms with Gasteiger partial charge in [-0.05, 0) is 23.4 Å². The molecule has 0 unspecified atom stereocenters. The summed E-state index contributed by atoms with van der Waals surface area (Å²) in [6, 6.07) is 9.55. The molecular weight excluding hydrogens is 488 g/mol. The predicted octanol–water partition coefficient (Wildman–Crippen LogP) is 1.77. The van der Waals surface area contributed by atoms with Gasteiger partial charge in [0, 0.05) is 55.5 Å². The number of rotatable bonds is 3. The van der Waals surface area contributed by atoms with Crippen LogP contribution in [-0.2, 0) is 39.0 Å². The molecule has 0 saturated carbocycles. The molecular formula is C17H17NO4Rh2. The third kappa shape index (κ3) is 3.23. The van der Waals surface area contributed by atoms with Gasteiger partial charge in [0.1, 0.15) is 0 Å². The number of amides is 2. The van der Waals surface area contributed by atoms with Crippen molar-refractivity contribution in [1.82, 2.24) is 4.90 Å². The summed E-state index contributed by atoms with van der Waals surface area (Å²) in [7, 11) is 0. The van der Waals surface area contributed by atoms with Gasteiger partial charge in [0.05, 0.1) is 6.04 Å². The zero-order chi connectivity index (χ0) is 16.0. The quantitative estimate of drug-likeness (QED) is 0.379. The molecule has 2 aromatic carbocycles. The van der Waals surface area contributed by atoms with Crippen molar-refractivity contribution in [3.8, 4) is 0 Å². The Morgan fingerprint density at radius 1 is 0.875 bits per heavy atom. The number of aliphatic hydroxyl groups excluding tert-OH is 1. The van der Waals surface area contributed by atoms with Crippen LogP contribution < -0.4 is 0 Å². The first-order chi connectivity index (χ1) is 10.4. The Labute approximate surface area is 165 Å². The Hall–Kier alpha value is -0.993. The van der Waals surface area contributed by atoms with Crippen LogP contribution in [0.15, 0.2) is 36.4 Å². The number of hydrogen-bond donors (Lipinski definition) is 2. The largest absolute Gasteiger partial charge is 0.366 e. The van der Waals surface area contributed by atoms with E-state index in [0.717, 1.165) is 10.3 Å². The van der Waals surface area contributed by atoms with Crippen molar-refractivity contribution in [2.75, 3.05) is 0 Å². The van der Waals surface area contributed by atoms with E-state index in [4.69, 9.17) is 0 Å². The SMILES string of the molecule is CC(C)[C@@H](C(O)O)N1C(=O)c2cccc3cccc(c23)C1=O.[Rh].[Rh]. The Bertz CT molecular complexity index is 718. The summed E-state index contributed by atoms with van der Waals surface area (Å²) in [5.74, 6) is -1.25. The van der Waals surface area contributed by atoms with E-state index in [0.29, 0.717) is 16.5 Å². The van der Waals surface area contributed by atoms with E-state index in [9.17, 15) is 19.8 Å². The number of imide groups is 1. The second-order valence-corrected chi connectivity index (χ2v) is 5.84. The van der Waals surface area contributed by atoms with Crippen LogP contribution in [0.3, 0.4) is 0 Å². The van der Waals surface area contributed by atoms with Gasteiger partial charge < -0.3 is 10.2 Å². The minimum absolute atomic E-state index is 0. The summed E-state index contributed by atoms with van der Waals surface area (Å²) in [5, 5.41) is 20.7. The van der Waals surface area contributed by atoms with Gasteiger partial charge in [-0.1, -0.05) is 38.1 Å². The smallest absolute Gasteiger partial charge is 0.261 e. The van der Waals surface area contributed by atoms with Crippen LogP contribution in [0.2, 0.25) is 0 Å². The molecule has 0 spiro atoms.